The molecule has 2 rings (SSSR count). The Bertz CT molecular complexity index is 245. The van der Waals surface area contributed by atoms with Crippen LogP contribution < -0.4 is 0 Å². The van der Waals surface area contributed by atoms with Crippen LogP contribution in [0.3, 0.4) is 0 Å². The fraction of sp³-hybridized carbons (Fsp3) is 0.917. The zero-order chi connectivity index (χ0) is 10.3. The molecule has 1 saturated carbocycles. The molecule has 1 amide bonds. The molecule has 0 spiro atoms. The Morgan fingerprint density at radius 3 is 2.50 bits per heavy atom. The van der Waals surface area contributed by atoms with Crippen molar-refractivity contribution >= 4 is 5.91 Å². The van der Waals surface area contributed by atoms with Gasteiger partial charge in [0, 0.05) is 19.0 Å². The highest BCUT2D eigenvalue weighted by atomic mass is 16.2. The third kappa shape index (κ3) is 1.67. The van der Waals surface area contributed by atoms with E-state index in [0.717, 1.165) is 25.9 Å². The van der Waals surface area contributed by atoms with E-state index in [1.54, 1.807) is 0 Å². The van der Waals surface area contributed by atoms with E-state index < -0.39 is 0 Å². The third-order valence-electron chi connectivity index (χ3n) is 4.14. The zero-order valence-corrected chi connectivity index (χ0v) is 9.55. The average Bonchev–Trinajstić information content (AvgIpc) is 2.89. The molecule has 2 heteroatoms. The van der Waals surface area contributed by atoms with Crippen LogP contribution in [0.4, 0.5) is 0 Å². The highest BCUT2D eigenvalue weighted by Gasteiger charge is 2.42. The molecule has 14 heavy (non-hydrogen) atoms. The number of nitrogens with zero attached hydrogens (tertiary/aromatic N) is 1. The minimum atomic E-state index is 0.366. The van der Waals surface area contributed by atoms with E-state index in [-0.39, 0.29) is 0 Å². The summed E-state index contributed by atoms with van der Waals surface area (Å²) in [6.45, 7) is 8.83. The van der Waals surface area contributed by atoms with E-state index in [2.05, 4.69) is 25.7 Å². The van der Waals surface area contributed by atoms with Crippen molar-refractivity contribution < 1.29 is 4.79 Å². The summed E-state index contributed by atoms with van der Waals surface area (Å²) >= 11 is 0. The van der Waals surface area contributed by atoms with E-state index in [0.29, 0.717) is 23.2 Å². The molecule has 1 aliphatic heterocycles. The van der Waals surface area contributed by atoms with Gasteiger partial charge in [0.1, 0.15) is 0 Å². The Morgan fingerprint density at radius 1 is 1.43 bits per heavy atom. The maximum absolute atomic E-state index is 11.8. The Balaban J connectivity index is 1.96. The van der Waals surface area contributed by atoms with E-state index in [9.17, 15) is 4.79 Å². The van der Waals surface area contributed by atoms with E-state index >= 15 is 0 Å². The molecule has 1 heterocycles. The van der Waals surface area contributed by atoms with Gasteiger partial charge in [0.05, 0.1) is 0 Å². The Morgan fingerprint density at radius 2 is 2.07 bits per heavy atom. The fourth-order valence-corrected chi connectivity index (χ4v) is 2.23. The lowest BCUT2D eigenvalue weighted by Crippen LogP contribution is -2.33. The standard InChI is InChI=1S/C12H21NO/c1-9(2)12(3)6-7-13(8-12)11(14)10-4-5-10/h9-10H,4-8H2,1-3H3. The van der Waals surface area contributed by atoms with Gasteiger partial charge in [-0.25, -0.2) is 0 Å². The molecular weight excluding hydrogens is 174 g/mol. The van der Waals surface area contributed by atoms with Gasteiger partial charge in [-0.1, -0.05) is 20.8 Å². The van der Waals surface area contributed by atoms with Gasteiger partial charge in [-0.2, -0.15) is 0 Å². The SMILES string of the molecule is CC(C)C1(C)CCN(C(=O)C2CC2)C1. The lowest BCUT2D eigenvalue weighted by Gasteiger charge is -2.28. The van der Waals surface area contributed by atoms with Crippen molar-refractivity contribution in [3.63, 3.8) is 0 Å². The van der Waals surface area contributed by atoms with Gasteiger partial charge in [-0.05, 0) is 30.6 Å². The summed E-state index contributed by atoms with van der Waals surface area (Å²) in [5.74, 6) is 1.50. The maximum Gasteiger partial charge on any atom is 0.225 e. The van der Waals surface area contributed by atoms with Crippen LogP contribution >= 0.6 is 0 Å². The van der Waals surface area contributed by atoms with Crippen LogP contribution in [-0.4, -0.2) is 23.9 Å². The molecule has 1 atom stereocenters. The fourth-order valence-electron chi connectivity index (χ4n) is 2.23. The van der Waals surface area contributed by atoms with Crippen LogP contribution in [0.15, 0.2) is 0 Å². The second-order valence-corrected chi connectivity index (χ2v) is 5.59. The highest BCUT2D eigenvalue weighted by Crippen LogP contribution is 2.40. The van der Waals surface area contributed by atoms with Crippen LogP contribution in [0.25, 0.3) is 0 Å². The molecule has 1 aliphatic carbocycles. The lowest BCUT2D eigenvalue weighted by molar-refractivity contribution is -0.132. The minimum Gasteiger partial charge on any atom is -0.342 e. The molecule has 0 aromatic heterocycles. The van der Waals surface area contributed by atoms with Crippen molar-refractivity contribution in [1.82, 2.24) is 4.90 Å². The monoisotopic (exact) mass is 195 g/mol. The molecular formula is C12H21NO. The van der Waals surface area contributed by atoms with Crippen LogP contribution in [0.5, 0.6) is 0 Å². The first kappa shape index (κ1) is 10.0. The summed E-state index contributed by atoms with van der Waals surface area (Å²) in [7, 11) is 0. The molecule has 0 aromatic carbocycles. The van der Waals surface area contributed by atoms with E-state index in [1.165, 1.54) is 6.42 Å². The number of hydrogen-bond donors (Lipinski definition) is 0. The number of likely N-dealkylation sites (tertiary alicyclic amines) is 1. The van der Waals surface area contributed by atoms with Crippen molar-refractivity contribution in [2.75, 3.05) is 13.1 Å². The highest BCUT2D eigenvalue weighted by molar-refractivity contribution is 5.81. The molecule has 0 radical (unpaired) electrons. The van der Waals surface area contributed by atoms with Gasteiger partial charge < -0.3 is 4.90 Å². The molecule has 1 unspecified atom stereocenters. The van der Waals surface area contributed by atoms with Crippen molar-refractivity contribution in [1.29, 1.82) is 0 Å². The quantitative estimate of drug-likeness (QED) is 0.662. The number of hydrogen-bond acceptors (Lipinski definition) is 1. The molecule has 2 fully saturated rings. The van der Waals surface area contributed by atoms with Crippen LogP contribution in [0.1, 0.15) is 40.0 Å². The van der Waals surface area contributed by atoms with E-state index in [4.69, 9.17) is 0 Å². The topological polar surface area (TPSA) is 20.3 Å². The Hall–Kier alpha value is -0.530. The first-order valence-corrected chi connectivity index (χ1v) is 5.82. The molecule has 0 bridgehead atoms. The van der Waals surface area contributed by atoms with Crippen LogP contribution in [-0.2, 0) is 4.79 Å². The zero-order valence-electron chi connectivity index (χ0n) is 9.55. The smallest absolute Gasteiger partial charge is 0.225 e. The normalized spacial score (nSPS) is 32.7. The van der Waals surface area contributed by atoms with Gasteiger partial charge >= 0.3 is 0 Å². The van der Waals surface area contributed by atoms with Crippen LogP contribution in [0.2, 0.25) is 0 Å². The average molecular weight is 195 g/mol. The summed E-state index contributed by atoms with van der Waals surface area (Å²) in [5, 5.41) is 0. The van der Waals surface area contributed by atoms with Gasteiger partial charge in [0.2, 0.25) is 5.91 Å². The summed E-state index contributed by atoms with van der Waals surface area (Å²) in [5.41, 5.74) is 0.366. The molecule has 2 nitrogen and oxygen atoms in total. The second kappa shape index (κ2) is 3.25. The van der Waals surface area contributed by atoms with Crippen molar-refractivity contribution in [3.05, 3.63) is 0 Å². The molecule has 80 valence electrons. The molecule has 0 N–H and O–H groups in total. The predicted octanol–water partition coefficient (Wildman–Crippen LogP) is 2.29. The number of carbonyl (C=O) groups is 1. The third-order valence-corrected chi connectivity index (χ3v) is 4.14. The Kier molecular flexibility index (Phi) is 2.32. The van der Waals surface area contributed by atoms with Crippen LogP contribution in [0, 0.1) is 17.3 Å². The van der Waals surface area contributed by atoms with Gasteiger partial charge in [0.25, 0.3) is 0 Å². The summed E-state index contributed by atoms with van der Waals surface area (Å²) in [6, 6.07) is 0. The van der Waals surface area contributed by atoms with Gasteiger partial charge in [0.15, 0.2) is 0 Å². The molecule has 0 aromatic rings. The number of carbonyl (C=O) groups excluding carboxylic acids is 1. The van der Waals surface area contributed by atoms with Gasteiger partial charge in [-0.15, -0.1) is 0 Å². The first-order chi connectivity index (χ1) is 6.53. The summed E-state index contributed by atoms with van der Waals surface area (Å²) in [6.07, 6.45) is 3.45. The molecule has 1 saturated heterocycles. The second-order valence-electron chi connectivity index (χ2n) is 5.59. The van der Waals surface area contributed by atoms with E-state index in [1.807, 2.05) is 0 Å². The van der Waals surface area contributed by atoms with Crippen molar-refractivity contribution in [2.45, 2.75) is 40.0 Å². The Labute approximate surface area is 86.7 Å². The molecule has 2 aliphatic rings. The minimum absolute atomic E-state index is 0.366. The first-order valence-electron chi connectivity index (χ1n) is 5.82. The summed E-state index contributed by atoms with van der Waals surface area (Å²) < 4.78 is 0. The summed E-state index contributed by atoms with van der Waals surface area (Å²) in [4.78, 5) is 13.9. The number of amides is 1. The largest absolute Gasteiger partial charge is 0.342 e. The predicted molar refractivity (Wildman–Crippen MR) is 56.9 cm³/mol. The lowest BCUT2D eigenvalue weighted by atomic mass is 9.78. The number of rotatable bonds is 2. The van der Waals surface area contributed by atoms with Crippen molar-refractivity contribution in [2.24, 2.45) is 17.3 Å². The van der Waals surface area contributed by atoms with Gasteiger partial charge in [-0.3, -0.25) is 4.79 Å². The maximum atomic E-state index is 11.8. The van der Waals surface area contributed by atoms with Crippen molar-refractivity contribution in [3.8, 4) is 0 Å².